The van der Waals surface area contributed by atoms with Crippen molar-refractivity contribution >= 4 is 0 Å². The molecule has 0 spiro atoms. The molecular formula is C19H23FN2O. The molecule has 1 aromatic carbocycles. The number of ether oxygens (including phenoxy) is 1. The van der Waals surface area contributed by atoms with Crippen LogP contribution in [-0.4, -0.2) is 29.1 Å². The standard InChI is InChI=1S/C19H23FN2O/c1-15-11-16(7-8-19(15)20)12-22-10-4-6-18(13-22)23-14-17-5-2-3-9-21-17/h2-3,5,7-9,11,18H,4,6,10,12-14H2,1H3. The summed E-state index contributed by atoms with van der Waals surface area (Å²) in [5.74, 6) is -0.135. The fourth-order valence-electron chi connectivity index (χ4n) is 3.04. The fourth-order valence-corrected chi connectivity index (χ4v) is 3.04. The van der Waals surface area contributed by atoms with Crippen molar-refractivity contribution in [3.05, 3.63) is 65.2 Å². The summed E-state index contributed by atoms with van der Waals surface area (Å²) in [4.78, 5) is 6.68. The van der Waals surface area contributed by atoms with Crippen molar-refractivity contribution in [1.82, 2.24) is 9.88 Å². The van der Waals surface area contributed by atoms with Gasteiger partial charge in [-0.15, -0.1) is 0 Å². The molecule has 2 heterocycles. The van der Waals surface area contributed by atoms with Crippen molar-refractivity contribution in [2.24, 2.45) is 0 Å². The van der Waals surface area contributed by atoms with Gasteiger partial charge in [-0.25, -0.2) is 4.39 Å². The topological polar surface area (TPSA) is 25.4 Å². The first-order chi connectivity index (χ1) is 11.2. The Bertz CT molecular complexity index is 633. The van der Waals surface area contributed by atoms with Crippen molar-refractivity contribution in [2.75, 3.05) is 13.1 Å². The molecule has 0 radical (unpaired) electrons. The van der Waals surface area contributed by atoms with E-state index in [1.54, 1.807) is 12.3 Å². The van der Waals surface area contributed by atoms with Crippen LogP contribution in [0.2, 0.25) is 0 Å². The van der Waals surface area contributed by atoms with Gasteiger partial charge >= 0.3 is 0 Å². The maximum Gasteiger partial charge on any atom is 0.126 e. The summed E-state index contributed by atoms with van der Waals surface area (Å²) in [6.07, 6.45) is 4.26. The van der Waals surface area contributed by atoms with Gasteiger partial charge in [-0.2, -0.15) is 0 Å². The van der Waals surface area contributed by atoms with E-state index < -0.39 is 0 Å². The lowest BCUT2D eigenvalue weighted by molar-refractivity contribution is -0.0132. The lowest BCUT2D eigenvalue weighted by Crippen LogP contribution is -2.39. The van der Waals surface area contributed by atoms with Gasteiger partial charge in [-0.05, 0) is 55.6 Å². The Hall–Kier alpha value is -1.78. The predicted octanol–water partition coefficient (Wildman–Crippen LogP) is 3.71. The van der Waals surface area contributed by atoms with Gasteiger partial charge in [0.15, 0.2) is 0 Å². The van der Waals surface area contributed by atoms with Crippen molar-refractivity contribution in [1.29, 1.82) is 0 Å². The smallest absolute Gasteiger partial charge is 0.126 e. The normalized spacial score (nSPS) is 19.0. The lowest BCUT2D eigenvalue weighted by atomic mass is 10.1. The van der Waals surface area contributed by atoms with Crippen LogP contribution in [0.15, 0.2) is 42.6 Å². The van der Waals surface area contributed by atoms with E-state index in [4.69, 9.17) is 4.74 Å². The number of nitrogens with zero attached hydrogens (tertiary/aromatic N) is 2. The van der Waals surface area contributed by atoms with Gasteiger partial charge in [0.2, 0.25) is 0 Å². The Kier molecular flexibility index (Phi) is 5.36. The number of benzene rings is 1. The predicted molar refractivity (Wildman–Crippen MR) is 88.5 cm³/mol. The highest BCUT2D eigenvalue weighted by atomic mass is 19.1. The number of likely N-dealkylation sites (tertiary alicyclic amines) is 1. The second kappa shape index (κ2) is 7.66. The zero-order valence-corrected chi connectivity index (χ0v) is 13.5. The average molecular weight is 314 g/mol. The van der Waals surface area contributed by atoms with E-state index in [-0.39, 0.29) is 11.9 Å². The molecule has 0 bridgehead atoms. The number of hydrogen-bond acceptors (Lipinski definition) is 3. The molecule has 0 saturated carbocycles. The van der Waals surface area contributed by atoms with E-state index in [0.29, 0.717) is 12.2 Å². The van der Waals surface area contributed by atoms with Crippen molar-refractivity contribution in [3.63, 3.8) is 0 Å². The molecule has 0 N–H and O–H groups in total. The first-order valence-corrected chi connectivity index (χ1v) is 8.19. The van der Waals surface area contributed by atoms with Gasteiger partial charge in [0.1, 0.15) is 5.82 Å². The maximum absolute atomic E-state index is 13.4. The molecular weight excluding hydrogens is 291 g/mol. The Morgan fingerprint density at radius 2 is 2.22 bits per heavy atom. The quantitative estimate of drug-likeness (QED) is 0.841. The van der Waals surface area contributed by atoms with E-state index in [2.05, 4.69) is 9.88 Å². The van der Waals surface area contributed by atoms with Gasteiger partial charge in [0.05, 0.1) is 18.4 Å². The van der Waals surface area contributed by atoms with E-state index in [0.717, 1.165) is 43.7 Å². The molecule has 1 atom stereocenters. The van der Waals surface area contributed by atoms with Gasteiger partial charge in [-0.1, -0.05) is 18.2 Å². The van der Waals surface area contributed by atoms with Crippen LogP contribution >= 0.6 is 0 Å². The Labute approximate surface area is 137 Å². The maximum atomic E-state index is 13.4. The molecule has 0 amide bonds. The van der Waals surface area contributed by atoms with E-state index >= 15 is 0 Å². The second-order valence-electron chi connectivity index (χ2n) is 6.21. The second-order valence-corrected chi connectivity index (χ2v) is 6.21. The lowest BCUT2D eigenvalue weighted by Gasteiger charge is -2.32. The molecule has 122 valence electrons. The van der Waals surface area contributed by atoms with Crippen LogP contribution in [0.4, 0.5) is 4.39 Å². The zero-order chi connectivity index (χ0) is 16.1. The molecule has 1 saturated heterocycles. The minimum atomic E-state index is -0.135. The summed E-state index contributed by atoms with van der Waals surface area (Å²) in [6.45, 7) is 5.22. The number of halogens is 1. The van der Waals surface area contributed by atoms with Gasteiger partial charge in [-0.3, -0.25) is 9.88 Å². The summed E-state index contributed by atoms with van der Waals surface area (Å²) in [5.41, 5.74) is 2.84. The average Bonchev–Trinajstić information content (AvgIpc) is 2.58. The summed E-state index contributed by atoms with van der Waals surface area (Å²) in [7, 11) is 0. The summed E-state index contributed by atoms with van der Waals surface area (Å²) in [5, 5.41) is 0. The molecule has 1 fully saturated rings. The molecule has 1 aromatic heterocycles. The first kappa shape index (κ1) is 16.1. The largest absolute Gasteiger partial charge is 0.371 e. The summed E-state index contributed by atoms with van der Waals surface area (Å²) < 4.78 is 19.4. The van der Waals surface area contributed by atoms with Crippen LogP contribution in [0.3, 0.4) is 0 Å². The molecule has 2 aromatic rings. The Morgan fingerprint density at radius 1 is 1.30 bits per heavy atom. The van der Waals surface area contributed by atoms with Crippen molar-refractivity contribution in [3.8, 4) is 0 Å². The molecule has 3 nitrogen and oxygen atoms in total. The number of hydrogen-bond donors (Lipinski definition) is 0. The number of pyridine rings is 1. The fraction of sp³-hybridized carbons (Fsp3) is 0.421. The van der Waals surface area contributed by atoms with Crippen LogP contribution in [0.1, 0.15) is 29.7 Å². The van der Waals surface area contributed by atoms with E-state index in [9.17, 15) is 4.39 Å². The highest BCUT2D eigenvalue weighted by molar-refractivity contribution is 5.23. The van der Waals surface area contributed by atoms with E-state index in [1.807, 2.05) is 37.3 Å². The minimum absolute atomic E-state index is 0.135. The SMILES string of the molecule is Cc1cc(CN2CCCC(OCc3ccccn3)C2)ccc1F. The zero-order valence-electron chi connectivity index (χ0n) is 13.5. The molecule has 1 unspecified atom stereocenters. The number of aromatic nitrogens is 1. The molecule has 0 aliphatic carbocycles. The molecule has 1 aliphatic rings. The third-order valence-corrected chi connectivity index (χ3v) is 4.28. The number of aryl methyl sites for hydroxylation is 1. The molecule has 3 rings (SSSR count). The molecule has 23 heavy (non-hydrogen) atoms. The van der Waals surface area contributed by atoms with Crippen LogP contribution in [0, 0.1) is 12.7 Å². The highest BCUT2D eigenvalue weighted by Gasteiger charge is 2.20. The van der Waals surface area contributed by atoms with Crippen LogP contribution in [0.25, 0.3) is 0 Å². The monoisotopic (exact) mass is 314 g/mol. The van der Waals surface area contributed by atoms with Crippen LogP contribution < -0.4 is 0 Å². The Balaban J connectivity index is 1.52. The highest BCUT2D eigenvalue weighted by Crippen LogP contribution is 2.18. The van der Waals surface area contributed by atoms with Gasteiger partial charge in [0.25, 0.3) is 0 Å². The molecule has 1 aliphatic heterocycles. The van der Waals surface area contributed by atoms with Crippen molar-refractivity contribution < 1.29 is 9.13 Å². The van der Waals surface area contributed by atoms with Crippen molar-refractivity contribution in [2.45, 2.75) is 39.0 Å². The third kappa shape index (κ3) is 4.60. The Morgan fingerprint density at radius 3 is 3.00 bits per heavy atom. The van der Waals surface area contributed by atoms with Gasteiger partial charge < -0.3 is 4.74 Å². The number of rotatable bonds is 5. The van der Waals surface area contributed by atoms with Crippen LogP contribution in [0.5, 0.6) is 0 Å². The van der Waals surface area contributed by atoms with E-state index in [1.165, 1.54) is 0 Å². The first-order valence-electron chi connectivity index (χ1n) is 8.19. The molecule has 4 heteroatoms. The van der Waals surface area contributed by atoms with Gasteiger partial charge in [0, 0.05) is 19.3 Å². The van der Waals surface area contributed by atoms with Crippen LogP contribution in [-0.2, 0) is 17.9 Å². The third-order valence-electron chi connectivity index (χ3n) is 4.28. The summed E-state index contributed by atoms with van der Waals surface area (Å²) >= 11 is 0. The number of piperidine rings is 1. The summed E-state index contributed by atoms with van der Waals surface area (Å²) in [6, 6.07) is 11.3. The minimum Gasteiger partial charge on any atom is -0.371 e.